The van der Waals surface area contributed by atoms with Gasteiger partial charge in [0.1, 0.15) is 6.10 Å². The minimum absolute atomic E-state index is 0.0378. The third kappa shape index (κ3) is 4.81. The molecule has 144 valence electrons. The molecule has 1 aromatic rings. The van der Waals surface area contributed by atoms with E-state index >= 15 is 0 Å². The lowest BCUT2D eigenvalue weighted by Crippen LogP contribution is -2.41. The number of pyridine rings is 1. The van der Waals surface area contributed by atoms with Gasteiger partial charge < -0.3 is 9.64 Å². The zero-order valence-electron chi connectivity index (χ0n) is 15.2. The second-order valence-electron chi connectivity index (χ2n) is 6.97. The Hall–Kier alpha value is -1.51. The van der Waals surface area contributed by atoms with Crippen LogP contribution < -0.4 is 4.72 Å². The van der Waals surface area contributed by atoms with Crippen molar-refractivity contribution in [3.05, 3.63) is 29.6 Å². The number of ether oxygens (including phenoxy) is 1. The highest BCUT2D eigenvalue weighted by molar-refractivity contribution is 7.90. The molecule has 2 fully saturated rings. The topological polar surface area (TPSA) is 88.6 Å². The van der Waals surface area contributed by atoms with Crippen molar-refractivity contribution in [2.24, 2.45) is 0 Å². The monoisotopic (exact) mass is 381 g/mol. The van der Waals surface area contributed by atoms with Gasteiger partial charge in [-0.25, -0.2) is 13.1 Å². The summed E-state index contributed by atoms with van der Waals surface area (Å²) in [4.78, 5) is 17.9. The molecule has 8 heteroatoms. The van der Waals surface area contributed by atoms with Crippen molar-refractivity contribution in [1.29, 1.82) is 0 Å². The Morgan fingerprint density at radius 3 is 2.85 bits per heavy atom. The predicted octanol–water partition coefficient (Wildman–Crippen LogP) is 1.41. The van der Waals surface area contributed by atoms with Crippen molar-refractivity contribution >= 4 is 15.9 Å². The Balaban J connectivity index is 1.56. The van der Waals surface area contributed by atoms with Gasteiger partial charge in [-0.05, 0) is 25.0 Å². The van der Waals surface area contributed by atoms with Crippen LogP contribution in [0.15, 0.2) is 18.2 Å². The van der Waals surface area contributed by atoms with Crippen LogP contribution in [0.1, 0.15) is 50.1 Å². The van der Waals surface area contributed by atoms with Gasteiger partial charge in [0.15, 0.2) is 0 Å². The SMILES string of the molecule is CC(=O)N1CCOC(c2cccc(CCNS(=O)(=O)C3CCCC3)n2)C1. The molecule has 1 aliphatic carbocycles. The normalized spacial score (nSPS) is 21.9. The van der Waals surface area contributed by atoms with Gasteiger partial charge in [-0.2, -0.15) is 0 Å². The first-order valence-corrected chi connectivity index (χ1v) is 10.8. The van der Waals surface area contributed by atoms with Gasteiger partial charge in [0.25, 0.3) is 0 Å². The fourth-order valence-electron chi connectivity index (χ4n) is 3.57. The number of aromatic nitrogens is 1. The lowest BCUT2D eigenvalue weighted by molar-refractivity contribution is -0.136. The molecule has 0 aromatic carbocycles. The zero-order chi connectivity index (χ0) is 18.6. The maximum absolute atomic E-state index is 12.2. The molecule has 3 rings (SSSR count). The van der Waals surface area contributed by atoms with E-state index in [1.165, 1.54) is 0 Å². The van der Waals surface area contributed by atoms with Crippen LogP contribution in [0.2, 0.25) is 0 Å². The first-order valence-electron chi connectivity index (χ1n) is 9.27. The van der Waals surface area contributed by atoms with E-state index in [0.29, 0.717) is 32.7 Å². The molecular formula is C18H27N3O4S. The highest BCUT2D eigenvalue weighted by atomic mass is 32.2. The third-order valence-electron chi connectivity index (χ3n) is 5.10. The lowest BCUT2D eigenvalue weighted by Gasteiger charge is -2.32. The summed E-state index contributed by atoms with van der Waals surface area (Å²) in [6, 6.07) is 5.68. The standard InChI is InChI=1S/C18H27N3O4S/c1-14(22)21-11-12-25-18(13-21)17-8-4-5-15(20-17)9-10-19-26(23,24)16-6-2-3-7-16/h4-5,8,16,18-19H,2-3,6-7,9-13H2,1H3. The number of hydrogen-bond acceptors (Lipinski definition) is 5. The fraction of sp³-hybridized carbons (Fsp3) is 0.667. The van der Waals surface area contributed by atoms with Crippen LogP contribution in [0, 0.1) is 0 Å². The highest BCUT2D eigenvalue weighted by Gasteiger charge is 2.28. The van der Waals surface area contributed by atoms with Crippen molar-refractivity contribution in [3.8, 4) is 0 Å². The molecule has 1 unspecified atom stereocenters. The highest BCUT2D eigenvalue weighted by Crippen LogP contribution is 2.24. The van der Waals surface area contributed by atoms with E-state index in [2.05, 4.69) is 9.71 Å². The van der Waals surface area contributed by atoms with Crippen LogP contribution in [-0.2, 0) is 26.0 Å². The van der Waals surface area contributed by atoms with Gasteiger partial charge in [0, 0.05) is 32.1 Å². The average molecular weight is 381 g/mol. The molecule has 1 amide bonds. The predicted molar refractivity (Wildman–Crippen MR) is 98.1 cm³/mol. The molecule has 26 heavy (non-hydrogen) atoms. The number of morpholine rings is 1. The van der Waals surface area contributed by atoms with Crippen molar-refractivity contribution in [1.82, 2.24) is 14.6 Å². The summed E-state index contributed by atoms with van der Waals surface area (Å²) < 4.78 is 33.0. The van der Waals surface area contributed by atoms with E-state index in [4.69, 9.17) is 4.74 Å². The molecule has 2 heterocycles. The molecule has 0 radical (unpaired) electrons. The second kappa shape index (κ2) is 8.45. The van der Waals surface area contributed by atoms with Crippen LogP contribution >= 0.6 is 0 Å². The van der Waals surface area contributed by atoms with E-state index in [-0.39, 0.29) is 17.3 Å². The van der Waals surface area contributed by atoms with E-state index in [0.717, 1.165) is 37.1 Å². The first-order chi connectivity index (χ1) is 12.5. The van der Waals surface area contributed by atoms with Crippen LogP contribution in [0.4, 0.5) is 0 Å². The molecule has 1 saturated carbocycles. The van der Waals surface area contributed by atoms with Gasteiger partial charge in [-0.1, -0.05) is 18.9 Å². The Morgan fingerprint density at radius 1 is 1.35 bits per heavy atom. The minimum Gasteiger partial charge on any atom is -0.368 e. The fourth-order valence-corrected chi connectivity index (χ4v) is 5.15. The maximum Gasteiger partial charge on any atom is 0.219 e. The summed E-state index contributed by atoms with van der Waals surface area (Å²) in [5, 5.41) is -0.241. The number of carbonyl (C=O) groups is 1. The summed E-state index contributed by atoms with van der Waals surface area (Å²) in [5.74, 6) is 0.0378. The van der Waals surface area contributed by atoms with Gasteiger partial charge in [-0.3, -0.25) is 9.78 Å². The summed E-state index contributed by atoms with van der Waals surface area (Å²) in [5.41, 5.74) is 1.60. The Bertz CT molecular complexity index is 732. The number of amides is 1. The van der Waals surface area contributed by atoms with Crippen LogP contribution in [0.25, 0.3) is 0 Å². The molecule has 7 nitrogen and oxygen atoms in total. The van der Waals surface area contributed by atoms with E-state index < -0.39 is 10.0 Å². The summed E-state index contributed by atoms with van der Waals surface area (Å²) in [6.07, 6.45) is 3.80. The Labute approximate surface area is 155 Å². The minimum atomic E-state index is -3.22. The molecule has 1 N–H and O–H groups in total. The number of carbonyl (C=O) groups excluding carboxylic acids is 1. The molecule has 1 aliphatic heterocycles. The first kappa shape index (κ1) is 19.3. The molecule has 0 spiro atoms. The molecule has 1 aromatic heterocycles. The van der Waals surface area contributed by atoms with Gasteiger partial charge in [0.2, 0.25) is 15.9 Å². The van der Waals surface area contributed by atoms with Crippen molar-refractivity contribution < 1.29 is 17.9 Å². The number of nitrogens with one attached hydrogen (secondary N) is 1. The summed E-state index contributed by atoms with van der Waals surface area (Å²) in [7, 11) is -3.22. The van der Waals surface area contributed by atoms with Crippen LogP contribution in [0.5, 0.6) is 0 Å². The van der Waals surface area contributed by atoms with E-state index in [1.54, 1.807) is 11.8 Å². The van der Waals surface area contributed by atoms with Crippen molar-refractivity contribution in [2.75, 3.05) is 26.2 Å². The van der Waals surface area contributed by atoms with Gasteiger partial charge in [0.05, 0.1) is 24.1 Å². The molecule has 2 aliphatic rings. The number of sulfonamides is 1. The average Bonchev–Trinajstić information content (AvgIpc) is 3.18. The molecular weight excluding hydrogens is 354 g/mol. The quantitative estimate of drug-likeness (QED) is 0.805. The van der Waals surface area contributed by atoms with Crippen molar-refractivity contribution in [3.63, 3.8) is 0 Å². The number of rotatable bonds is 6. The maximum atomic E-state index is 12.2. The summed E-state index contributed by atoms with van der Waals surface area (Å²) >= 11 is 0. The number of nitrogens with zero attached hydrogens (tertiary/aromatic N) is 2. The zero-order valence-corrected chi connectivity index (χ0v) is 16.0. The Kier molecular flexibility index (Phi) is 6.26. The smallest absolute Gasteiger partial charge is 0.219 e. The lowest BCUT2D eigenvalue weighted by atomic mass is 10.1. The Morgan fingerprint density at radius 2 is 2.12 bits per heavy atom. The molecule has 1 saturated heterocycles. The van der Waals surface area contributed by atoms with Gasteiger partial charge in [-0.15, -0.1) is 0 Å². The number of hydrogen-bond donors (Lipinski definition) is 1. The summed E-state index contributed by atoms with van der Waals surface area (Å²) in [6.45, 7) is 3.51. The van der Waals surface area contributed by atoms with Gasteiger partial charge >= 0.3 is 0 Å². The van der Waals surface area contributed by atoms with E-state index in [9.17, 15) is 13.2 Å². The molecule has 1 atom stereocenters. The van der Waals surface area contributed by atoms with Crippen molar-refractivity contribution in [2.45, 2.75) is 50.4 Å². The van der Waals surface area contributed by atoms with Crippen LogP contribution in [-0.4, -0.2) is 55.7 Å². The molecule has 0 bridgehead atoms. The largest absolute Gasteiger partial charge is 0.368 e. The third-order valence-corrected chi connectivity index (χ3v) is 7.05. The second-order valence-corrected chi connectivity index (χ2v) is 9.02. The van der Waals surface area contributed by atoms with Crippen LogP contribution in [0.3, 0.4) is 0 Å². The van der Waals surface area contributed by atoms with E-state index in [1.807, 2.05) is 18.2 Å².